The zero-order valence-electron chi connectivity index (χ0n) is 19.8. The molecule has 1 saturated heterocycles. The number of imidazole rings is 1. The van der Waals surface area contributed by atoms with Gasteiger partial charge in [-0.25, -0.2) is 9.67 Å². The van der Waals surface area contributed by atoms with Crippen LogP contribution in [0.3, 0.4) is 0 Å². The van der Waals surface area contributed by atoms with Gasteiger partial charge in [-0.2, -0.15) is 13.9 Å². The maximum Gasteiger partial charge on any atom is 0.333 e. The van der Waals surface area contributed by atoms with Crippen LogP contribution in [0, 0.1) is 6.92 Å². The van der Waals surface area contributed by atoms with Gasteiger partial charge in [0.25, 0.3) is 11.8 Å². The number of fused-ring (bicyclic) bond motifs is 1. The van der Waals surface area contributed by atoms with Gasteiger partial charge >= 0.3 is 6.55 Å². The number of nitrogens with one attached hydrogen (secondary N) is 1. The third kappa shape index (κ3) is 4.84. The molecule has 5 rings (SSSR count). The number of aromatic nitrogens is 4. The van der Waals surface area contributed by atoms with E-state index in [-0.39, 0.29) is 29.1 Å². The van der Waals surface area contributed by atoms with Crippen molar-refractivity contribution in [2.45, 2.75) is 38.8 Å². The summed E-state index contributed by atoms with van der Waals surface area (Å²) in [7, 11) is 0. The molecule has 0 aliphatic carbocycles. The van der Waals surface area contributed by atoms with E-state index in [4.69, 9.17) is 0 Å². The summed E-state index contributed by atoms with van der Waals surface area (Å²) in [5, 5.41) is 6.71. The molecule has 36 heavy (non-hydrogen) atoms. The first-order chi connectivity index (χ1) is 17.4. The summed E-state index contributed by atoms with van der Waals surface area (Å²) in [6, 6.07) is 12.8. The molecule has 1 aliphatic heterocycles. The van der Waals surface area contributed by atoms with E-state index in [1.165, 1.54) is 13.0 Å². The highest BCUT2D eigenvalue weighted by molar-refractivity contribution is 5.94. The van der Waals surface area contributed by atoms with Crippen molar-refractivity contribution in [3.63, 3.8) is 0 Å². The number of carbonyl (C=O) groups is 2. The van der Waals surface area contributed by atoms with Crippen LogP contribution in [0.4, 0.5) is 8.78 Å². The number of amides is 2. The monoisotopic (exact) mass is 492 g/mol. The van der Waals surface area contributed by atoms with E-state index in [1.807, 2.05) is 53.2 Å². The van der Waals surface area contributed by atoms with Gasteiger partial charge in [0.2, 0.25) is 0 Å². The number of halogens is 2. The number of hydrogen-bond acceptors (Lipinski definition) is 4. The van der Waals surface area contributed by atoms with Crippen LogP contribution in [-0.4, -0.2) is 49.0 Å². The van der Waals surface area contributed by atoms with Crippen LogP contribution in [0.15, 0.2) is 61.1 Å². The number of likely N-dealkylation sites (tertiary alicyclic amines) is 1. The van der Waals surface area contributed by atoms with Crippen molar-refractivity contribution in [2.24, 2.45) is 0 Å². The Hall–Kier alpha value is -4.08. The molecular formula is C26H26F2N6O2. The molecule has 0 radical (unpaired) electrons. The Morgan fingerprint density at radius 3 is 2.53 bits per heavy atom. The van der Waals surface area contributed by atoms with Gasteiger partial charge in [0.1, 0.15) is 5.65 Å². The van der Waals surface area contributed by atoms with Crippen LogP contribution >= 0.6 is 0 Å². The molecule has 0 atom stereocenters. The van der Waals surface area contributed by atoms with Gasteiger partial charge in [0.05, 0.1) is 0 Å². The number of hydrogen-bond donors (Lipinski definition) is 1. The first-order valence-corrected chi connectivity index (χ1v) is 11.8. The fourth-order valence-corrected chi connectivity index (χ4v) is 4.62. The summed E-state index contributed by atoms with van der Waals surface area (Å²) < 4.78 is 28.4. The molecule has 186 valence electrons. The number of aryl methyl sites for hydroxylation is 1. The molecule has 0 saturated carbocycles. The van der Waals surface area contributed by atoms with Crippen molar-refractivity contribution in [1.82, 2.24) is 29.4 Å². The molecule has 1 fully saturated rings. The zero-order chi connectivity index (χ0) is 25.2. The fourth-order valence-electron chi connectivity index (χ4n) is 4.62. The highest BCUT2D eigenvalue weighted by Crippen LogP contribution is 2.29. The third-order valence-corrected chi connectivity index (χ3v) is 6.67. The number of piperidine rings is 1. The average molecular weight is 493 g/mol. The van der Waals surface area contributed by atoms with Gasteiger partial charge in [0, 0.05) is 49.5 Å². The standard InChI is InChI=1S/C26H26F2N6O2/c1-17-14-22(31-34(17)26(27)28)25(36)33-11-7-20(8-12-33)19-2-4-21(5-3-19)24(35)30-16-18-6-10-32-13-9-29-23(32)15-18/h2-6,9-10,13-15,20,26H,7-8,11-12,16H2,1H3,(H,30,35). The highest BCUT2D eigenvalue weighted by Gasteiger charge is 2.27. The van der Waals surface area contributed by atoms with Gasteiger partial charge < -0.3 is 14.6 Å². The lowest BCUT2D eigenvalue weighted by molar-refractivity contribution is 0.0528. The molecule has 0 bridgehead atoms. The van der Waals surface area contributed by atoms with E-state index in [0.717, 1.165) is 29.6 Å². The number of rotatable bonds is 6. The maximum absolute atomic E-state index is 13.0. The smallest absolute Gasteiger partial charge is 0.333 e. The van der Waals surface area contributed by atoms with Crippen LogP contribution in [-0.2, 0) is 6.54 Å². The molecule has 4 heterocycles. The summed E-state index contributed by atoms with van der Waals surface area (Å²) in [5.41, 5.74) is 3.80. The Bertz CT molecular complexity index is 1390. The van der Waals surface area contributed by atoms with Crippen molar-refractivity contribution in [1.29, 1.82) is 0 Å². The number of alkyl halides is 2. The Labute approximate surface area is 206 Å². The second-order valence-electron chi connectivity index (χ2n) is 8.99. The molecular weight excluding hydrogens is 466 g/mol. The maximum atomic E-state index is 13.0. The molecule has 1 N–H and O–H groups in total. The Morgan fingerprint density at radius 1 is 1.08 bits per heavy atom. The predicted molar refractivity (Wildman–Crippen MR) is 129 cm³/mol. The Morgan fingerprint density at radius 2 is 1.83 bits per heavy atom. The van der Waals surface area contributed by atoms with Crippen molar-refractivity contribution in [2.75, 3.05) is 13.1 Å². The van der Waals surface area contributed by atoms with E-state index in [2.05, 4.69) is 15.4 Å². The van der Waals surface area contributed by atoms with E-state index in [9.17, 15) is 18.4 Å². The molecule has 8 nitrogen and oxygen atoms in total. The molecule has 2 amide bonds. The van der Waals surface area contributed by atoms with Crippen LogP contribution in [0.5, 0.6) is 0 Å². The van der Waals surface area contributed by atoms with Gasteiger partial charge in [-0.05, 0) is 67.1 Å². The molecule has 4 aromatic rings. The largest absolute Gasteiger partial charge is 0.348 e. The highest BCUT2D eigenvalue weighted by atomic mass is 19.3. The van der Waals surface area contributed by atoms with Gasteiger partial charge in [-0.3, -0.25) is 9.59 Å². The topological polar surface area (TPSA) is 84.5 Å². The lowest BCUT2D eigenvalue weighted by Gasteiger charge is -2.31. The molecule has 3 aromatic heterocycles. The summed E-state index contributed by atoms with van der Waals surface area (Å²) in [5.74, 6) is -0.216. The normalized spacial score (nSPS) is 14.5. The van der Waals surface area contributed by atoms with Gasteiger partial charge in [-0.15, -0.1) is 0 Å². The van der Waals surface area contributed by atoms with Crippen LogP contribution in [0.2, 0.25) is 0 Å². The van der Waals surface area contributed by atoms with E-state index >= 15 is 0 Å². The number of nitrogens with zero attached hydrogens (tertiary/aromatic N) is 5. The summed E-state index contributed by atoms with van der Waals surface area (Å²) >= 11 is 0. The third-order valence-electron chi connectivity index (χ3n) is 6.67. The Balaban J connectivity index is 1.14. The average Bonchev–Trinajstić information content (AvgIpc) is 3.53. The molecule has 1 aromatic carbocycles. The Kier molecular flexibility index (Phi) is 6.49. The minimum Gasteiger partial charge on any atom is -0.348 e. The van der Waals surface area contributed by atoms with Crippen molar-refractivity contribution < 1.29 is 18.4 Å². The minimum atomic E-state index is -2.77. The van der Waals surface area contributed by atoms with Gasteiger partial charge in [0.15, 0.2) is 5.69 Å². The summed E-state index contributed by atoms with van der Waals surface area (Å²) in [6.45, 7) is 0.187. The number of carbonyl (C=O) groups excluding carboxylic acids is 2. The van der Waals surface area contributed by atoms with E-state index < -0.39 is 6.55 Å². The lowest BCUT2D eigenvalue weighted by atomic mass is 9.89. The van der Waals surface area contributed by atoms with Crippen molar-refractivity contribution in [3.8, 4) is 0 Å². The number of pyridine rings is 1. The first-order valence-electron chi connectivity index (χ1n) is 11.8. The summed E-state index contributed by atoms with van der Waals surface area (Å²) in [4.78, 5) is 31.3. The van der Waals surface area contributed by atoms with Gasteiger partial charge in [-0.1, -0.05) is 12.1 Å². The van der Waals surface area contributed by atoms with Crippen molar-refractivity contribution >= 4 is 17.5 Å². The predicted octanol–water partition coefficient (Wildman–Crippen LogP) is 4.18. The zero-order valence-corrected chi connectivity index (χ0v) is 19.8. The summed E-state index contributed by atoms with van der Waals surface area (Å²) in [6.07, 6.45) is 7.01. The van der Waals surface area contributed by atoms with Crippen LogP contribution in [0.1, 0.15) is 63.0 Å². The SMILES string of the molecule is Cc1cc(C(=O)N2CCC(c3ccc(C(=O)NCc4ccn5ccnc5c4)cc3)CC2)nn1C(F)F. The molecule has 1 aliphatic rings. The molecule has 0 spiro atoms. The number of benzene rings is 1. The minimum absolute atomic E-state index is 0.0475. The molecule has 10 heteroatoms. The first kappa shape index (κ1) is 23.7. The second kappa shape index (κ2) is 9.88. The van der Waals surface area contributed by atoms with Crippen molar-refractivity contribution in [3.05, 3.63) is 89.1 Å². The fraction of sp³-hybridized carbons (Fsp3) is 0.308. The van der Waals surface area contributed by atoms with E-state index in [1.54, 1.807) is 11.1 Å². The quantitative estimate of drug-likeness (QED) is 0.438. The molecule has 0 unspecified atom stereocenters. The lowest BCUT2D eigenvalue weighted by Crippen LogP contribution is -2.38. The van der Waals surface area contributed by atoms with Crippen LogP contribution in [0.25, 0.3) is 5.65 Å². The van der Waals surface area contributed by atoms with Crippen LogP contribution < -0.4 is 5.32 Å². The van der Waals surface area contributed by atoms with E-state index in [0.29, 0.717) is 29.9 Å². The second-order valence-corrected chi connectivity index (χ2v) is 8.99.